The van der Waals surface area contributed by atoms with Gasteiger partial charge in [-0.2, -0.15) is 4.31 Å². The van der Waals surface area contributed by atoms with Gasteiger partial charge >= 0.3 is 0 Å². The zero-order chi connectivity index (χ0) is 14.9. The topological polar surface area (TPSA) is 57.7 Å². The van der Waals surface area contributed by atoms with E-state index in [4.69, 9.17) is 0 Å². The van der Waals surface area contributed by atoms with Crippen LogP contribution in [0.5, 0.6) is 0 Å². The molecule has 0 bridgehead atoms. The van der Waals surface area contributed by atoms with E-state index in [-0.39, 0.29) is 11.7 Å². The van der Waals surface area contributed by atoms with Gasteiger partial charge in [-0.15, -0.1) is 0 Å². The van der Waals surface area contributed by atoms with E-state index < -0.39 is 16.1 Å². The highest BCUT2D eigenvalue weighted by Crippen LogP contribution is 2.18. The molecule has 0 aliphatic carbocycles. The first-order valence-corrected chi connectivity index (χ1v) is 8.22. The number of carbonyl (C=O) groups is 1. The highest BCUT2D eigenvalue weighted by molar-refractivity contribution is 7.88. The summed E-state index contributed by atoms with van der Waals surface area (Å²) in [6.45, 7) is 4.37. The number of amides is 1. The fourth-order valence-corrected chi connectivity index (χ4v) is 4.17. The van der Waals surface area contributed by atoms with Crippen molar-refractivity contribution in [2.24, 2.45) is 0 Å². The van der Waals surface area contributed by atoms with Crippen molar-refractivity contribution in [3.63, 3.8) is 0 Å². The maximum absolute atomic E-state index is 12.5. The van der Waals surface area contributed by atoms with Crippen molar-refractivity contribution in [1.29, 1.82) is 0 Å². The number of benzene rings is 1. The summed E-state index contributed by atoms with van der Waals surface area (Å²) in [6, 6.07) is 6.81. The minimum atomic E-state index is -3.47. The maximum atomic E-state index is 12.5. The first kappa shape index (κ1) is 15.0. The first-order chi connectivity index (χ1) is 9.31. The van der Waals surface area contributed by atoms with E-state index in [0.717, 1.165) is 11.1 Å². The number of nitrogens with zero attached hydrogens (tertiary/aromatic N) is 2. The van der Waals surface area contributed by atoms with E-state index >= 15 is 0 Å². The van der Waals surface area contributed by atoms with Crippen LogP contribution in [0.15, 0.2) is 24.3 Å². The van der Waals surface area contributed by atoms with Crippen molar-refractivity contribution in [2.45, 2.75) is 25.6 Å². The number of likely N-dealkylation sites (N-methyl/N-ethyl adjacent to an activating group) is 1. The molecule has 110 valence electrons. The van der Waals surface area contributed by atoms with E-state index in [1.807, 2.05) is 25.1 Å². The molecule has 1 saturated heterocycles. The number of piperazine rings is 1. The summed E-state index contributed by atoms with van der Waals surface area (Å²) in [6.07, 6.45) is 0. The second kappa shape index (κ2) is 5.54. The van der Waals surface area contributed by atoms with Crippen LogP contribution in [0.2, 0.25) is 0 Å². The summed E-state index contributed by atoms with van der Waals surface area (Å²) >= 11 is 0. The Morgan fingerprint density at radius 1 is 1.30 bits per heavy atom. The van der Waals surface area contributed by atoms with Crippen LogP contribution in [0.4, 0.5) is 0 Å². The van der Waals surface area contributed by atoms with Crippen molar-refractivity contribution < 1.29 is 13.2 Å². The number of aryl methyl sites for hydroxylation is 1. The molecule has 6 heteroatoms. The van der Waals surface area contributed by atoms with Gasteiger partial charge in [0.2, 0.25) is 15.9 Å². The average Bonchev–Trinajstić information content (AvgIpc) is 2.35. The molecule has 1 fully saturated rings. The van der Waals surface area contributed by atoms with Crippen LogP contribution in [0, 0.1) is 6.92 Å². The highest BCUT2D eigenvalue weighted by Gasteiger charge is 2.36. The van der Waals surface area contributed by atoms with Gasteiger partial charge < -0.3 is 4.90 Å². The Hall–Kier alpha value is -1.40. The third-order valence-corrected chi connectivity index (χ3v) is 5.52. The minimum absolute atomic E-state index is 0.0595. The van der Waals surface area contributed by atoms with E-state index in [9.17, 15) is 13.2 Å². The van der Waals surface area contributed by atoms with E-state index in [2.05, 4.69) is 0 Å². The van der Waals surface area contributed by atoms with Gasteiger partial charge in [-0.1, -0.05) is 29.8 Å². The van der Waals surface area contributed by atoms with E-state index in [1.165, 1.54) is 4.31 Å². The van der Waals surface area contributed by atoms with Crippen LogP contribution >= 0.6 is 0 Å². The van der Waals surface area contributed by atoms with Crippen molar-refractivity contribution in [3.05, 3.63) is 35.4 Å². The largest absolute Gasteiger partial charge is 0.343 e. The third-order valence-electron chi connectivity index (χ3n) is 3.61. The molecule has 1 heterocycles. The highest BCUT2D eigenvalue weighted by atomic mass is 32.2. The van der Waals surface area contributed by atoms with Crippen LogP contribution in [0.1, 0.15) is 18.1 Å². The van der Waals surface area contributed by atoms with Crippen molar-refractivity contribution >= 4 is 15.9 Å². The molecular formula is C14H20N2O3S. The van der Waals surface area contributed by atoms with E-state index in [0.29, 0.717) is 13.1 Å². The monoisotopic (exact) mass is 296 g/mol. The third kappa shape index (κ3) is 3.02. The summed E-state index contributed by atoms with van der Waals surface area (Å²) in [7, 11) is -1.78. The Kier molecular flexibility index (Phi) is 4.15. The Bertz CT molecular complexity index is 613. The zero-order valence-electron chi connectivity index (χ0n) is 12.0. The van der Waals surface area contributed by atoms with Gasteiger partial charge in [0.05, 0.1) is 5.75 Å². The Morgan fingerprint density at radius 3 is 2.65 bits per heavy atom. The summed E-state index contributed by atoms with van der Waals surface area (Å²) < 4.78 is 26.3. The lowest BCUT2D eigenvalue weighted by molar-refractivity contribution is -0.136. The molecule has 1 aliphatic rings. The molecule has 1 aliphatic heterocycles. The van der Waals surface area contributed by atoms with Gasteiger partial charge in [0.25, 0.3) is 0 Å². The summed E-state index contributed by atoms with van der Waals surface area (Å²) in [5, 5.41) is 0. The van der Waals surface area contributed by atoms with Gasteiger partial charge in [0.15, 0.2) is 0 Å². The fraction of sp³-hybridized carbons (Fsp3) is 0.500. The number of rotatable bonds is 3. The predicted octanol–water partition coefficient (Wildman–Crippen LogP) is 0.987. The number of hydrogen-bond acceptors (Lipinski definition) is 3. The fourth-order valence-electron chi connectivity index (χ4n) is 2.47. The second-order valence-electron chi connectivity index (χ2n) is 5.29. The zero-order valence-corrected chi connectivity index (χ0v) is 12.9. The summed E-state index contributed by atoms with van der Waals surface area (Å²) in [5.41, 5.74) is 1.78. The minimum Gasteiger partial charge on any atom is -0.343 e. The molecule has 1 unspecified atom stereocenters. The number of hydrogen-bond donors (Lipinski definition) is 0. The lowest BCUT2D eigenvalue weighted by Gasteiger charge is -2.36. The molecule has 0 radical (unpaired) electrons. The van der Waals surface area contributed by atoms with Crippen LogP contribution in [0.25, 0.3) is 0 Å². The quantitative estimate of drug-likeness (QED) is 0.836. The Balaban J connectivity index is 2.20. The molecule has 0 N–H and O–H groups in total. The van der Waals surface area contributed by atoms with Crippen LogP contribution in [-0.2, 0) is 20.6 Å². The predicted molar refractivity (Wildman–Crippen MR) is 77.6 cm³/mol. The van der Waals surface area contributed by atoms with Gasteiger partial charge in [-0.25, -0.2) is 8.42 Å². The van der Waals surface area contributed by atoms with Crippen molar-refractivity contribution in [3.8, 4) is 0 Å². The molecule has 1 aromatic carbocycles. The van der Waals surface area contributed by atoms with E-state index in [1.54, 1.807) is 24.9 Å². The molecule has 1 atom stereocenters. The van der Waals surface area contributed by atoms with Gasteiger partial charge in [-0.05, 0) is 19.4 Å². The van der Waals surface area contributed by atoms with Gasteiger partial charge in [0.1, 0.15) is 6.04 Å². The second-order valence-corrected chi connectivity index (χ2v) is 7.21. The molecule has 0 saturated carbocycles. The van der Waals surface area contributed by atoms with Crippen LogP contribution in [-0.4, -0.2) is 49.7 Å². The SMILES string of the molecule is Cc1cccc(CS(=O)(=O)N2CCN(C)C(=O)C2C)c1. The lowest BCUT2D eigenvalue weighted by atomic mass is 10.2. The van der Waals surface area contributed by atoms with Gasteiger partial charge in [-0.3, -0.25) is 4.79 Å². The standard InChI is InChI=1S/C14H20N2O3S/c1-11-5-4-6-13(9-11)10-20(18,19)16-8-7-15(3)14(17)12(16)2/h4-6,9,12H,7-8,10H2,1-3H3. The van der Waals surface area contributed by atoms with Crippen LogP contribution < -0.4 is 0 Å². The summed E-state index contributed by atoms with van der Waals surface area (Å²) in [4.78, 5) is 13.5. The smallest absolute Gasteiger partial charge is 0.240 e. The average molecular weight is 296 g/mol. The Labute approximate surface area is 120 Å². The van der Waals surface area contributed by atoms with Crippen LogP contribution in [0.3, 0.4) is 0 Å². The first-order valence-electron chi connectivity index (χ1n) is 6.61. The molecule has 20 heavy (non-hydrogen) atoms. The molecular weight excluding hydrogens is 276 g/mol. The van der Waals surface area contributed by atoms with Crippen molar-refractivity contribution in [2.75, 3.05) is 20.1 Å². The maximum Gasteiger partial charge on any atom is 0.240 e. The molecule has 5 nitrogen and oxygen atoms in total. The lowest BCUT2D eigenvalue weighted by Crippen LogP contribution is -2.56. The number of carbonyl (C=O) groups excluding carboxylic acids is 1. The summed E-state index contributed by atoms with van der Waals surface area (Å²) in [5.74, 6) is -0.209. The van der Waals surface area contributed by atoms with Gasteiger partial charge in [0, 0.05) is 20.1 Å². The molecule has 0 aromatic heterocycles. The molecule has 1 aromatic rings. The molecule has 2 rings (SSSR count). The molecule has 0 spiro atoms. The molecule has 1 amide bonds. The van der Waals surface area contributed by atoms with Crippen molar-refractivity contribution in [1.82, 2.24) is 9.21 Å². The Morgan fingerprint density at radius 2 is 2.00 bits per heavy atom. The normalized spacial score (nSPS) is 21.2. The number of sulfonamides is 1.